The first-order valence-corrected chi connectivity index (χ1v) is 5.19. The molecular formula is C14H18O. The number of benzene rings is 1. The molecule has 0 bridgehead atoms. The first kappa shape index (κ1) is 11.7. The number of ether oxygens (including phenoxy) is 1. The van der Waals surface area contributed by atoms with Gasteiger partial charge in [0.15, 0.2) is 0 Å². The maximum Gasteiger partial charge on any atom is 0.122 e. The Hall–Kier alpha value is -1.42. The molecule has 0 saturated carbocycles. The van der Waals surface area contributed by atoms with Crippen molar-refractivity contribution in [3.05, 3.63) is 28.8 Å². The van der Waals surface area contributed by atoms with Gasteiger partial charge in [0, 0.05) is 6.42 Å². The Kier molecular flexibility index (Phi) is 3.80. The minimum atomic E-state index is 0.416. The molecule has 80 valence electrons. The third kappa shape index (κ3) is 2.33. The normalized spacial score (nSPS) is 11.9. The lowest BCUT2D eigenvalue weighted by Crippen LogP contribution is -1.99. The highest BCUT2D eigenvalue weighted by Crippen LogP contribution is 2.29. The zero-order valence-electron chi connectivity index (χ0n) is 9.92. The maximum absolute atomic E-state index is 5.34. The van der Waals surface area contributed by atoms with Crippen molar-refractivity contribution in [1.82, 2.24) is 0 Å². The van der Waals surface area contributed by atoms with E-state index >= 15 is 0 Å². The Morgan fingerprint density at radius 3 is 2.53 bits per heavy atom. The smallest absolute Gasteiger partial charge is 0.122 e. The first-order chi connectivity index (χ1) is 7.11. The molecule has 0 spiro atoms. The summed E-state index contributed by atoms with van der Waals surface area (Å²) in [6.07, 6.45) is 6.12. The van der Waals surface area contributed by atoms with Gasteiger partial charge < -0.3 is 4.74 Å². The van der Waals surface area contributed by atoms with E-state index in [0.717, 1.165) is 12.2 Å². The quantitative estimate of drug-likeness (QED) is 0.682. The monoisotopic (exact) mass is 202 g/mol. The van der Waals surface area contributed by atoms with Crippen LogP contribution in [0.1, 0.15) is 36.0 Å². The SMILES string of the molecule is C#CCC(C)c1ccc(OC)c(C)c1C. The molecule has 1 aromatic rings. The zero-order valence-corrected chi connectivity index (χ0v) is 9.92. The van der Waals surface area contributed by atoms with Gasteiger partial charge in [-0.3, -0.25) is 0 Å². The van der Waals surface area contributed by atoms with Crippen molar-refractivity contribution in [2.24, 2.45) is 0 Å². The Morgan fingerprint density at radius 2 is 2.00 bits per heavy atom. The molecular weight excluding hydrogens is 184 g/mol. The Labute approximate surface area is 92.5 Å². The molecule has 0 N–H and O–H groups in total. The van der Waals surface area contributed by atoms with E-state index in [1.807, 2.05) is 6.07 Å². The average molecular weight is 202 g/mol. The van der Waals surface area contributed by atoms with E-state index in [9.17, 15) is 0 Å². The fraction of sp³-hybridized carbons (Fsp3) is 0.429. The predicted octanol–water partition coefficient (Wildman–Crippen LogP) is 3.44. The summed E-state index contributed by atoms with van der Waals surface area (Å²) in [6.45, 7) is 6.37. The van der Waals surface area contributed by atoms with Gasteiger partial charge in [-0.25, -0.2) is 0 Å². The van der Waals surface area contributed by atoms with Gasteiger partial charge in [-0.15, -0.1) is 12.3 Å². The molecule has 1 aromatic carbocycles. The lowest BCUT2D eigenvalue weighted by Gasteiger charge is -2.16. The molecule has 0 fully saturated rings. The topological polar surface area (TPSA) is 9.23 Å². The summed E-state index contributed by atoms with van der Waals surface area (Å²) >= 11 is 0. The number of hydrogen-bond donors (Lipinski definition) is 0. The minimum absolute atomic E-state index is 0.416. The summed E-state index contributed by atoms with van der Waals surface area (Å²) in [5.41, 5.74) is 3.82. The largest absolute Gasteiger partial charge is 0.496 e. The molecule has 0 aliphatic heterocycles. The van der Waals surface area contributed by atoms with E-state index in [1.165, 1.54) is 16.7 Å². The standard InChI is InChI=1S/C14H18O/c1-6-7-10(2)13-8-9-14(15-5)12(4)11(13)3/h1,8-10H,7H2,2-5H3. The highest BCUT2D eigenvalue weighted by Gasteiger charge is 2.11. The van der Waals surface area contributed by atoms with Gasteiger partial charge in [-0.05, 0) is 42.5 Å². The van der Waals surface area contributed by atoms with E-state index in [4.69, 9.17) is 11.2 Å². The van der Waals surface area contributed by atoms with Gasteiger partial charge in [0.05, 0.1) is 7.11 Å². The van der Waals surface area contributed by atoms with Crippen LogP contribution >= 0.6 is 0 Å². The summed E-state index contributed by atoms with van der Waals surface area (Å²) < 4.78 is 5.28. The van der Waals surface area contributed by atoms with E-state index in [1.54, 1.807) is 7.11 Å². The lowest BCUT2D eigenvalue weighted by atomic mass is 9.91. The number of hydrogen-bond acceptors (Lipinski definition) is 1. The number of terminal acetylenes is 1. The molecule has 1 nitrogen and oxygen atoms in total. The van der Waals surface area contributed by atoms with Crippen LogP contribution in [0.5, 0.6) is 5.75 Å². The molecule has 1 atom stereocenters. The van der Waals surface area contributed by atoms with Crippen LogP contribution in [0, 0.1) is 26.2 Å². The van der Waals surface area contributed by atoms with Gasteiger partial charge in [0.2, 0.25) is 0 Å². The van der Waals surface area contributed by atoms with Crippen molar-refractivity contribution in [1.29, 1.82) is 0 Å². The van der Waals surface area contributed by atoms with Crippen molar-refractivity contribution < 1.29 is 4.74 Å². The second kappa shape index (κ2) is 4.89. The van der Waals surface area contributed by atoms with Crippen LogP contribution in [-0.4, -0.2) is 7.11 Å². The van der Waals surface area contributed by atoms with Crippen LogP contribution in [0.25, 0.3) is 0 Å². The van der Waals surface area contributed by atoms with E-state index in [2.05, 4.69) is 32.8 Å². The molecule has 15 heavy (non-hydrogen) atoms. The van der Waals surface area contributed by atoms with Crippen LogP contribution in [0.2, 0.25) is 0 Å². The second-order valence-electron chi connectivity index (χ2n) is 3.92. The summed E-state index contributed by atoms with van der Waals surface area (Å²) in [5.74, 6) is 4.07. The Balaban J connectivity index is 3.12. The molecule has 0 aromatic heterocycles. The Morgan fingerprint density at radius 1 is 1.33 bits per heavy atom. The zero-order chi connectivity index (χ0) is 11.4. The van der Waals surface area contributed by atoms with Crippen molar-refractivity contribution in [3.63, 3.8) is 0 Å². The van der Waals surface area contributed by atoms with Gasteiger partial charge in [0.1, 0.15) is 5.75 Å². The highest BCUT2D eigenvalue weighted by molar-refractivity contribution is 5.45. The third-order valence-electron chi connectivity index (χ3n) is 2.95. The third-order valence-corrected chi connectivity index (χ3v) is 2.95. The highest BCUT2D eigenvalue weighted by atomic mass is 16.5. The molecule has 0 aliphatic rings. The molecule has 0 aliphatic carbocycles. The van der Waals surface area contributed by atoms with Gasteiger partial charge >= 0.3 is 0 Å². The number of methoxy groups -OCH3 is 1. The van der Waals surface area contributed by atoms with Crippen LogP contribution < -0.4 is 4.74 Å². The lowest BCUT2D eigenvalue weighted by molar-refractivity contribution is 0.411. The van der Waals surface area contributed by atoms with Gasteiger partial charge in [-0.1, -0.05) is 13.0 Å². The van der Waals surface area contributed by atoms with Crippen LogP contribution in [-0.2, 0) is 0 Å². The van der Waals surface area contributed by atoms with Crippen molar-refractivity contribution >= 4 is 0 Å². The predicted molar refractivity (Wildman–Crippen MR) is 64.3 cm³/mol. The number of rotatable bonds is 3. The molecule has 0 radical (unpaired) electrons. The maximum atomic E-state index is 5.34. The van der Waals surface area contributed by atoms with Crippen LogP contribution in [0.4, 0.5) is 0 Å². The van der Waals surface area contributed by atoms with Crippen molar-refractivity contribution in [2.45, 2.75) is 33.1 Å². The van der Waals surface area contributed by atoms with Crippen molar-refractivity contribution in [3.8, 4) is 18.1 Å². The Bertz CT molecular complexity index is 385. The van der Waals surface area contributed by atoms with E-state index in [-0.39, 0.29) is 0 Å². The van der Waals surface area contributed by atoms with Gasteiger partial charge in [0.25, 0.3) is 0 Å². The molecule has 0 heterocycles. The average Bonchev–Trinajstić information content (AvgIpc) is 2.22. The minimum Gasteiger partial charge on any atom is -0.496 e. The summed E-state index contributed by atoms with van der Waals surface area (Å²) in [7, 11) is 1.70. The van der Waals surface area contributed by atoms with Crippen LogP contribution in [0.15, 0.2) is 12.1 Å². The van der Waals surface area contributed by atoms with E-state index < -0.39 is 0 Å². The first-order valence-electron chi connectivity index (χ1n) is 5.19. The summed E-state index contributed by atoms with van der Waals surface area (Å²) in [5, 5.41) is 0. The fourth-order valence-electron chi connectivity index (χ4n) is 1.86. The molecule has 1 rings (SSSR count). The van der Waals surface area contributed by atoms with Crippen LogP contribution in [0.3, 0.4) is 0 Å². The second-order valence-corrected chi connectivity index (χ2v) is 3.92. The molecule has 0 saturated heterocycles. The molecule has 1 heteroatoms. The fourth-order valence-corrected chi connectivity index (χ4v) is 1.86. The summed E-state index contributed by atoms with van der Waals surface area (Å²) in [4.78, 5) is 0. The molecule has 1 unspecified atom stereocenters. The van der Waals surface area contributed by atoms with Gasteiger partial charge in [-0.2, -0.15) is 0 Å². The summed E-state index contributed by atoms with van der Waals surface area (Å²) in [6, 6.07) is 4.13. The molecule has 0 amide bonds. The van der Waals surface area contributed by atoms with Crippen molar-refractivity contribution in [2.75, 3.05) is 7.11 Å². The van der Waals surface area contributed by atoms with E-state index in [0.29, 0.717) is 5.92 Å².